The smallest absolute Gasteiger partial charge is 0.251 e. The van der Waals surface area contributed by atoms with Gasteiger partial charge in [-0.25, -0.2) is 0 Å². The molecule has 2 N–H and O–H groups in total. The van der Waals surface area contributed by atoms with Gasteiger partial charge in [0.15, 0.2) is 11.5 Å². The maximum Gasteiger partial charge on any atom is 0.251 e. The number of hydrogen-bond acceptors (Lipinski definition) is 4. The fraction of sp³-hybridized carbons (Fsp3) is 0.417. The van der Waals surface area contributed by atoms with E-state index in [2.05, 4.69) is 36.6 Å². The highest BCUT2D eigenvalue weighted by Gasteiger charge is 2.17. The zero-order valence-corrected chi connectivity index (χ0v) is 18.2. The molecule has 1 unspecified atom stereocenters. The third kappa shape index (κ3) is 6.79. The van der Waals surface area contributed by atoms with E-state index in [0.717, 1.165) is 0 Å². The van der Waals surface area contributed by atoms with E-state index in [1.54, 1.807) is 18.2 Å². The highest BCUT2D eigenvalue weighted by atomic mass is 16.5. The second-order valence-electron chi connectivity index (χ2n) is 7.28. The van der Waals surface area contributed by atoms with Gasteiger partial charge in [-0.05, 0) is 43.5 Å². The first-order chi connectivity index (χ1) is 14.5. The number of ether oxygens (including phenoxy) is 2. The lowest BCUT2D eigenvalue weighted by Crippen LogP contribution is -2.39. The van der Waals surface area contributed by atoms with E-state index in [1.807, 2.05) is 32.0 Å². The van der Waals surface area contributed by atoms with Crippen molar-refractivity contribution in [3.05, 3.63) is 59.7 Å². The topological polar surface area (TPSA) is 76.7 Å². The van der Waals surface area contributed by atoms with Crippen LogP contribution < -0.4 is 20.1 Å². The van der Waals surface area contributed by atoms with E-state index in [1.165, 1.54) is 5.56 Å². The van der Waals surface area contributed by atoms with Crippen molar-refractivity contribution in [1.82, 2.24) is 10.6 Å². The number of benzene rings is 2. The predicted molar refractivity (Wildman–Crippen MR) is 118 cm³/mol. The van der Waals surface area contributed by atoms with Crippen molar-refractivity contribution in [1.29, 1.82) is 0 Å². The van der Waals surface area contributed by atoms with Gasteiger partial charge in [-0.15, -0.1) is 0 Å². The molecule has 0 saturated carbocycles. The van der Waals surface area contributed by atoms with Crippen molar-refractivity contribution in [3.63, 3.8) is 0 Å². The van der Waals surface area contributed by atoms with Crippen LogP contribution in [0.2, 0.25) is 0 Å². The molecule has 0 aliphatic rings. The summed E-state index contributed by atoms with van der Waals surface area (Å²) in [5.41, 5.74) is 1.61. The molecule has 162 valence electrons. The Kier molecular flexibility index (Phi) is 9.19. The molecule has 1 atom stereocenters. The molecule has 0 radical (unpaired) electrons. The molecule has 0 bridgehead atoms. The van der Waals surface area contributed by atoms with Gasteiger partial charge < -0.3 is 20.1 Å². The second kappa shape index (κ2) is 11.9. The fourth-order valence-electron chi connectivity index (χ4n) is 3.18. The Morgan fingerprint density at radius 1 is 0.900 bits per heavy atom. The summed E-state index contributed by atoms with van der Waals surface area (Å²) in [5, 5.41) is 5.59. The summed E-state index contributed by atoms with van der Waals surface area (Å²) in [4.78, 5) is 24.7. The number of carbonyl (C=O) groups is 2. The Balaban J connectivity index is 1.91. The SMILES string of the molecule is CCOc1ccc(C(=O)NCC(=O)NCC(c2ccccc2)C(C)C)cc1OCC. The minimum atomic E-state index is -0.336. The van der Waals surface area contributed by atoms with E-state index in [4.69, 9.17) is 9.47 Å². The molecule has 2 rings (SSSR count). The standard InChI is InChI=1S/C24H32N2O4/c1-5-29-21-13-12-19(14-22(21)30-6-2)24(28)26-16-23(27)25-15-20(17(3)4)18-10-8-7-9-11-18/h7-14,17,20H,5-6,15-16H2,1-4H3,(H,25,27)(H,26,28). The molecule has 0 aromatic heterocycles. The van der Waals surface area contributed by atoms with Gasteiger partial charge in [0.1, 0.15) is 0 Å². The zero-order chi connectivity index (χ0) is 21.9. The molecule has 2 amide bonds. The van der Waals surface area contributed by atoms with Crippen molar-refractivity contribution in [3.8, 4) is 11.5 Å². The van der Waals surface area contributed by atoms with Crippen molar-refractivity contribution in [2.75, 3.05) is 26.3 Å². The summed E-state index contributed by atoms with van der Waals surface area (Å²) in [6, 6.07) is 15.1. The molecule has 6 heteroatoms. The first-order valence-electron chi connectivity index (χ1n) is 10.5. The highest BCUT2D eigenvalue weighted by molar-refractivity contribution is 5.97. The number of carbonyl (C=O) groups excluding carboxylic acids is 2. The predicted octanol–water partition coefficient (Wildman–Crippen LogP) is 3.77. The minimum absolute atomic E-state index is 0.0877. The Hall–Kier alpha value is -3.02. The lowest BCUT2D eigenvalue weighted by atomic mass is 9.88. The average molecular weight is 413 g/mol. The molecule has 30 heavy (non-hydrogen) atoms. The van der Waals surface area contributed by atoms with E-state index in [-0.39, 0.29) is 24.3 Å². The number of hydrogen-bond donors (Lipinski definition) is 2. The normalized spacial score (nSPS) is 11.6. The molecule has 2 aromatic rings. The quantitative estimate of drug-likeness (QED) is 0.589. The van der Waals surface area contributed by atoms with Crippen LogP contribution in [0.1, 0.15) is 49.5 Å². The first kappa shape index (κ1) is 23.3. The average Bonchev–Trinajstić information content (AvgIpc) is 2.74. The fourth-order valence-corrected chi connectivity index (χ4v) is 3.18. The van der Waals surface area contributed by atoms with Gasteiger partial charge in [0, 0.05) is 18.0 Å². The monoisotopic (exact) mass is 412 g/mol. The molecule has 6 nitrogen and oxygen atoms in total. The van der Waals surface area contributed by atoms with Crippen LogP contribution >= 0.6 is 0 Å². The minimum Gasteiger partial charge on any atom is -0.490 e. The maximum absolute atomic E-state index is 12.5. The van der Waals surface area contributed by atoms with E-state index in [9.17, 15) is 9.59 Å². The Morgan fingerprint density at radius 2 is 1.57 bits per heavy atom. The van der Waals surface area contributed by atoms with Crippen LogP contribution in [0.4, 0.5) is 0 Å². The van der Waals surface area contributed by atoms with Gasteiger partial charge in [-0.1, -0.05) is 44.2 Å². The first-order valence-corrected chi connectivity index (χ1v) is 10.5. The molecule has 0 aliphatic heterocycles. The van der Waals surface area contributed by atoms with Gasteiger partial charge in [-0.3, -0.25) is 9.59 Å². The van der Waals surface area contributed by atoms with Crippen molar-refractivity contribution < 1.29 is 19.1 Å². The second-order valence-corrected chi connectivity index (χ2v) is 7.28. The summed E-state index contributed by atoms with van der Waals surface area (Å²) in [6.07, 6.45) is 0. The van der Waals surface area contributed by atoms with E-state index < -0.39 is 0 Å². The third-order valence-corrected chi connectivity index (χ3v) is 4.77. The van der Waals surface area contributed by atoms with Crippen LogP contribution in [0, 0.1) is 5.92 Å². The summed E-state index contributed by atoms with van der Waals surface area (Å²) in [7, 11) is 0. The van der Waals surface area contributed by atoms with Crippen LogP contribution in [0.3, 0.4) is 0 Å². The Labute approximate surface area is 179 Å². The molecule has 0 heterocycles. The summed E-state index contributed by atoms with van der Waals surface area (Å²) in [5.74, 6) is 1.14. The molecular weight excluding hydrogens is 380 g/mol. The largest absolute Gasteiger partial charge is 0.490 e. The lowest BCUT2D eigenvalue weighted by Gasteiger charge is -2.22. The molecule has 0 fully saturated rings. The summed E-state index contributed by atoms with van der Waals surface area (Å²) < 4.78 is 11.1. The van der Waals surface area contributed by atoms with Gasteiger partial charge in [0.05, 0.1) is 19.8 Å². The van der Waals surface area contributed by atoms with Gasteiger partial charge in [0.25, 0.3) is 5.91 Å². The maximum atomic E-state index is 12.5. The Bertz CT molecular complexity index is 821. The molecular formula is C24H32N2O4. The summed E-state index contributed by atoms with van der Waals surface area (Å²) in [6.45, 7) is 9.42. The van der Waals surface area contributed by atoms with Crippen LogP contribution in [0.5, 0.6) is 11.5 Å². The lowest BCUT2D eigenvalue weighted by molar-refractivity contribution is -0.120. The van der Waals surface area contributed by atoms with E-state index >= 15 is 0 Å². The highest BCUT2D eigenvalue weighted by Crippen LogP contribution is 2.28. The van der Waals surface area contributed by atoms with E-state index in [0.29, 0.717) is 42.7 Å². The summed E-state index contributed by atoms with van der Waals surface area (Å²) >= 11 is 0. The molecule has 2 aromatic carbocycles. The third-order valence-electron chi connectivity index (χ3n) is 4.77. The number of rotatable bonds is 11. The van der Waals surface area contributed by atoms with Crippen LogP contribution in [0.25, 0.3) is 0 Å². The van der Waals surface area contributed by atoms with Crippen molar-refractivity contribution >= 4 is 11.8 Å². The molecule has 0 saturated heterocycles. The van der Waals surface area contributed by atoms with Crippen LogP contribution in [-0.4, -0.2) is 38.1 Å². The molecule has 0 aliphatic carbocycles. The van der Waals surface area contributed by atoms with Crippen molar-refractivity contribution in [2.24, 2.45) is 5.92 Å². The molecule has 0 spiro atoms. The van der Waals surface area contributed by atoms with Gasteiger partial charge in [-0.2, -0.15) is 0 Å². The number of amides is 2. The van der Waals surface area contributed by atoms with Crippen molar-refractivity contribution in [2.45, 2.75) is 33.6 Å². The Morgan fingerprint density at radius 3 is 2.20 bits per heavy atom. The van der Waals surface area contributed by atoms with Gasteiger partial charge in [0.2, 0.25) is 5.91 Å². The number of nitrogens with one attached hydrogen (secondary N) is 2. The van der Waals surface area contributed by atoms with Crippen LogP contribution in [-0.2, 0) is 4.79 Å². The van der Waals surface area contributed by atoms with Crippen LogP contribution in [0.15, 0.2) is 48.5 Å². The van der Waals surface area contributed by atoms with Gasteiger partial charge >= 0.3 is 0 Å². The zero-order valence-electron chi connectivity index (χ0n) is 18.2.